The molecule has 1 aromatic carbocycles. The van der Waals surface area contributed by atoms with E-state index in [9.17, 15) is 9.18 Å². The highest BCUT2D eigenvalue weighted by Crippen LogP contribution is 2.21. The number of halogens is 1. The van der Waals surface area contributed by atoms with Gasteiger partial charge >= 0.3 is 0 Å². The second-order valence-corrected chi connectivity index (χ2v) is 6.03. The molecule has 1 aliphatic rings. The summed E-state index contributed by atoms with van der Waals surface area (Å²) in [4.78, 5) is 22.5. The highest BCUT2D eigenvalue weighted by Gasteiger charge is 2.23. The molecule has 0 unspecified atom stereocenters. The molecule has 0 radical (unpaired) electrons. The Hall–Kier alpha value is -2.63. The molecule has 2 heterocycles. The van der Waals surface area contributed by atoms with Crippen LogP contribution in [0, 0.1) is 5.82 Å². The van der Waals surface area contributed by atoms with Crippen molar-refractivity contribution in [3.05, 3.63) is 54.0 Å². The lowest BCUT2D eigenvalue weighted by Gasteiger charge is -2.36. The number of amides is 1. The van der Waals surface area contributed by atoms with Crippen molar-refractivity contribution in [2.45, 2.75) is 0 Å². The van der Waals surface area contributed by atoms with Crippen molar-refractivity contribution in [2.75, 3.05) is 50.1 Å². The van der Waals surface area contributed by atoms with E-state index < -0.39 is 0 Å². The minimum atomic E-state index is -0.222. The number of piperazine rings is 1. The molecule has 3 rings (SSSR count). The van der Waals surface area contributed by atoms with E-state index in [4.69, 9.17) is 0 Å². The lowest BCUT2D eigenvalue weighted by molar-refractivity contribution is 0.0746. The van der Waals surface area contributed by atoms with Gasteiger partial charge in [0.15, 0.2) is 0 Å². The average Bonchev–Trinajstić information content (AvgIpc) is 2.62. The summed E-state index contributed by atoms with van der Waals surface area (Å²) in [6, 6.07) is 10.4. The van der Waals surface area contributed by atoms with Crippen molar-refractivity contribution >= 4 is 17.4 Å². The first-order valence-electron chi connectivity index (χ1n) is 7.98. The molecule has 1 amide bonds. The molecule has 0 atom stereocenters. The minimum absolute atomic E-state index is 0.0269. The van der Waals surface area contributed by atoms with Gasteiger partial charge in [-0.2, -0.15) is 0 Å². The van der Waals surface area contributed by atoms with Gasteiger partial charge in [0.05, 0.1) is 11.3 Å². The molecule has 5 nitrogen and oxygen atoms in total. The normalized spacial score (nSPS) is 14.6. The number of rotatable bonds is 3. The first-order valence-corrected chi connectivity index (χ1v) is 7.98. The topological polar surface area (TPSA) is 39.7 Å². The van der Waals surface area contributed by atoms with Crippen LogP contribution < -0.4 is 9.80 Å². The van der Waals surface area contributed by atoms with E-state index in [2.05, 4.69) is 4.98 Å². The molecule has 2 aromatic rings. The van der Waals surface area contributed by atoms with Gasteiger partial charge in [-0.05, 0) is 24.3 Å². The third-order valence-electron chi connectivity index (χ3n) is 4.21. The maximum absolute atomic E-state index is 13.9. The molecule has 0 bridgehead atoms. The van der Waals surface area contributed by atoms with Crippen LogP contribution in [0.15, 0.2) is 42.6 Å². The minimum Gasteiger partial charge on any atom is -0.366 e. The van der Waals surface area contributed by atoms with Gasteiger partial charge in [-0.15, -0.1) is 0 Å². The number of hydrogen-bond donors (Lipinski definition) is 0. The number of carbonyl (C=O) groups is 1. The van der Waals surface area contributed by atoms with Crippen LogP contribution in [0.5, 0.6) is 0 Å². The number of anilines is 2. The van der Waals surface area contributed by atoms with E-state index in [1.807, 2.05) is 36.0 Å². The van der Waals surface area contributed by atoms with E-state index in [1.165, 1.54) is 6.07 Å². The SMILES string of the molecule is CN(C)c1ccc(C(=O)N2CCN(c3ccccc3F)CC2)cn1. The largest absolute Gasteiger partial charge is 0.366 e. The molecular weight excluding hydrogens is 307 g/mol. The van der Waals surface area contributed by atoms with E-state index in [1.54, 1.807) is 29.3 Å². The van der Waals surface area contributed by atoms with Crippen molar-refractivity contribution in [3.63, 3.8) is 0 Å². The smallest absolute Gasteiger partial charge is 0.255 e. The third kappa shape index (κ3) is 3.32. The lowest BCUT2D eigenvalue weighted by atomic mass is 10.2. The zero-order valence-electron chi connectivity index (χ0n) is 13.9. The molecule has 1 aromatic heterocycles. The van der Waals surface area contributed by atoms with Crippen molar-refractivity contribution in [3.8, 4) is 0 Å². The van der Waals surface area contributed by atoms with Gasteiger partial charge < -0.3 is 14.7 Å². The van der Waals surface area contributed by atoms with Crippen LogP contribution in [-0.2, 0) is 0 Å². The molecule has 0 aliphatic carbocycles. The molecule has 126 valence electrons. The molecule has 1 fully saturated rings. The molecule has 6 heteroatoms. The van der Waals surface area contributed by atoms with Crippen LogP contribution in [0.2, 0.25) is 0 Å². The van der Waals surface area contributed by atoms with Crippen molar-refractivity contribution in [1.82, 2.24) is 9.88 Å². The summed E-state index contributed by atoms with van der Waals surface area (Å²) < 4.78 is 13.9. The van der Waals surface area contributed by atoms with Gasteiger partial charge in [-0.1, -0.05) is 12.1 Å². The highest BCUT2D eigenvalue weighted by atomic mass is 19.1. The molecular formula is C18H21FN4O. The number of nitrogens with zero attached hydrogens (tertiary/aromatic N) is 4. The Bertz CT molecular complexity index is 709. The van der Waals surface area contributed by atoms with Crippen LogP contribution in [0.1, 0.15) is 10.4 Å². The monoisotopic (exact) mass is 328 g/mol. The van der Waals surface area contributed by atoms with Crippen molar-refractivity contribution < 1.29 is 9.18 Å². The highest BCUT2D eigenvalue weighted by molar-refractivity contribution is 5.94. The number of aromatic nitrogens is 1. The fourth-order valence-corrected chi connectivity index (χ4v) is 2.82. The van der Waals surface area contributed by atoms with Gasteiger partial charge in [-0.3, -0.25) is 4.79 Å². The summed E-state index contributed by atoms with van der Waals surface area (Å²) in [5.41, 5.74) is 1.18. The Morgan fingerprint density at radius 2 is 1.79 bits per heavy atom. The van der Waals surface area contributed by atoms with E-state index >= 15 is 0 Å². The number of benzene rings is 1. The number of hydrogen-bond acceptors (Lipinski definition) is 4. The summed E-state index contributed by atoms with van der Waals surface area (Å²) >= 11 is 0. The second kappa shape index (κ2) is 6.86. The van der Waals surface area contributed by atoms with Crippen LogP contribution in [-0.4, -0.2) is 56.1 Å². The number of para-hydroxylation sites is 1. The van der Waals surface area contributed by atoms with Gasteiger partial charge in [0, 0.05) is 46.5 Å². The summed E-state index contributed by atoms with van der Waals surface area (Å²) in [6.07, 6.45) is 1.61. The van der Waals surface area contributed by atoms with Crippen molar-refractivity contribution in [1.29, 1.82) is 0 Å². The molecule has 0 spiro atoms. The van der Waals surface area contributed by atoms with Gasteiger partial charge in [0.1, 0.15) is 11.6 Å². The Labute approximate surface area is 141 Å². The quantitative estimate of drug-likeness (QED) is 0.866. The fraction of sp³-hybridized carbons (Fsp3) is 0.333. The Balaban J connectivity index is 1.64. The predicted molar refractivity (Wildman–Crippen MR) is 93.1 cm³/mol. The zero-order chi connectivity index (χ0) is 17.1. The standard InChI is InChI=1S/C18H21FN4O/c1-21(2)17-8-7-14(13-20-17)18(24)23-11-9-22(10-12-23)16-6-4-3-5-15(16)19/h3-8,13H,9-12H2,1-2H3. The van der Waals surface area contributed by atoms with Gasteiger partial charge in [-0.25, -0.2) is 9.37 Å². The summed E-state index contributed by atoms with van der Waals surface area (Å²) in [7, 11) is 3.82. The van der Waals surface area contributed by atoms with Crippen LogP contribution in [0.3, 0.4) is 0 Å². The maximum Gasteiger partial charge on any atom is 0.255 e. The maximum atomic E-state index is 13.9. The first kappa shape index (κ1) is 16.2. The second-order valence-electron chi connectivity index (χ2n) is 6.03. The third-order valence-corrected chi connectivity index (χ3v) is 4.21. The average molecular weight is 328 g/mol. The molecule has 0 saturated carbocycles. The van der Waals surface area contributed by atoms with E-state index in [0.717, 1.165) is 5.82 Å². The molecule has 1 aliphatic heterocycles. The fourth-order valence-electron chi connectivity index (χ4n) is 2.82. The van der Waals surface area contributed by atoms with Crippen LogP contribution in [0.25, 0.3) is 0 Å². The van der Waals surface area contributed by atoms with E-state index in [-0.39, 0.29) is 11.7 Å². The Kier molecular flexibility index (Phi) is 4.64. The summed E-state index contributed by atoms with van der Waals surface area (Å²) in [5.74, 6) is 0.567. The zero-order valence-corrected chi connectivity index (χ0v) is 13.9. The Morgan fingerprint density at radius 3 is 2.38 bits per heavy atom. The number of pyridine rings is 1. The van der Waals surface area contributed by atoms with E-state index in [0.29, 0.717) is 37.4 Å². The van der Waals surface area contributed by atoms with Crippen LogP contribution in [0.4, 0.5) is 15.9 Å². The molecule has 0 N–H and O–H groups in total. The summed E-state index contributed by atoms with van der Waals surface area (Å²) in [6.45, 7) is 2.39. The molecule has 1 saturated heterocycles. The molecule has 24 heavy (non-hydrogen) atoms. The van der Waals surface area contributed by atoms with Gasteiger partial charge in [0.2, 0.25) is 0 Å². The van der Waals surface area contributed by atoms with Crippen LogP contribution >= 0.6 is 0 Å². The Morgan fingerprint density at radius 1 is 1.08 bits per heavy atom. The van der Waals surface area contributed by atoms with Crippen molar-refractivity contribution in [2.24, 2.45) is 0 Å². The summed E-state index contributed by atoms with van der Waals surface area (Å²) in [5, 5.41) is 0. The van der Waals surface area contributed by atoms with Gasteiger partial charge in [0.25, 0.3) is 5.91 Å². The number of carbonyl (C=O) groups excluding carboxylic acids is 1. The predicted octanol–water partition coefficient (Wildman–Crippen LogP) is 2.25. The lowest BCUT2D eigenvalue weighted by Crippen LogP contribution is -2.49. The first-order chi connectivity index (χ1) is 11.6.